The highest BCUT2D eigenvalue weighted by Gasteiger charge is 2.23. The molecule has 116 valence electrons. The summed E-state index contributed by atoms with van der Waals surface area (Å²) >= 11 is 0. The fourth-order valence-electron chi connectivity index (χ4n) is 1.62. The summed E-state index contributed by atoms with van der Waals surface area (Å²) in [5, 5.41) is 8.65. The number of hydrogen-bond donors (Lipinski definition) is 1. The van der Waals surface area contributed by atoms with Crippen LogP contribution >= 0.6 is 0 Å². The summed E-state index contributed by atoms with van der Waals surface area (Å²) in [6.07, 6.45) is -2.40. The van der Waals surface area contributed by atoms with E-state index < -0.39 is 23.0 Å². The number of aryl methyl sites for hydroxylation is 1. The molecule has 0 atom stereocenters. The second-order valence-corrected chi connectivity index (χ2v) is 6.47. The number of benzene rings is 1. The number of alkyl halides is 2. The maximum atomic E-state index is 12.3. The van der Waals surface area contributed by atoms with Crippen LogP contribution in [0.4, 0.5) is 8.78 Å². The van der Waals surface area contributed by atoms with Crippen molar-refractivity contribution in [3.8, 4) is 11.8 Å². The third kappa shape index (κ3) is 4.77. The molecule has 0 unspecified atom stereocenters. The maximum Gasteiger partial charge on any atom is 0.252 e. The molecule has 0 radical (unpaired) electrons. The van der Waals surface area contributed by atoms with E-state index in [1.807, 2.05) is 0 Å². The molecule has 1 N–H and O–H groups in total. The van der Waals surface area contributed by atoms with Crippen LogP contribution in [-0.4, -0.2) is 44.5 Å². The Morgan fingerprint density at radius 1 is 1.38 bits per heavy atom. The van der Waals surface area contributed by atoms with Crippen molar-refractivity contribution < 1.29 is 22.3 Å². The van der Waals surface area contributed by atoms with Crippen molar-refractivity contribution in [3.63, 3.8) is 0 Å². The third-order valence-corrected chi connectivity index (χ3v) is 4.58. The van der Waals surface area contributed by atoms with Crippen molar-refractivity contribution in [2.24, 2.45) is 0 Å². The van der Waals surface area contributed by atoms with Crippen molar-refractivity contribution in [1.82, 2.24) is 4.31 Å². The summed E-state index contributed by atoms with van der Waals surface area (Å²) in [6.45, 7) is 0.797. The van der Waals surface area contributed by atoms with Gasteiger partial charge < -0.3 is 5.11 Å². The number of halogens is 2. The van der Waals surface area contributed by atoms with Gasteiger partial charge in [-0.2, -0.15) is 4.31 Å². The molecular formula is C14H17F2NO3S. The van der Waals surface area contributed by atoms with Crippen LogP contribution in [0.25, 0.3) is 0 Å². The van der Waals surface area contributed by atoms with Crippen molar-refractivity contribution >= 4 is 10.0 Å². The lowest BCUT2D eigenvalue weighted by atomic mass is 10.1. The Hall–Kier alpha value is -1.49. The van der Waals surface area contributed by atoms with Crippen molar-refractivity contribution in [2.75, 3.05) is 20.2 Å². The molecular weight excluding hydrogens is 300 g/mol. The van der Waals surface area contributed by atoms with Crippen molar-refractivity contribution in [3.05, 3.63) is 29.3 Å². The molecule has 7 heteroatoms. The maximum absolute atomic E-state index is 12.3. The predicted molar refractivity (Wildman–Crippen MR) is 75.6 cm³/mol. The highest BCUT2D eigenvalue weighted by molar-refractivity contribution is 7.89. The quantitative estimate of drug-likeness (QED) is 0.840. The topological polar surface area (TPSA) is 57.6 Å². The molecule has 0 saturated heterocycles. The van der Waals surface area contributed by atoms with Gasteiger partial charge in [0, 0.05) is 19.0 Å². The first-order valence-corrected chi connectivity index (χ1v) is 7.68. The zero-order chi connectivity index (χ0) is 16.0. The van der Waals surface area contributed by atoms with Gasteiger partial charge in [-0.3, -0.25) is 0 Å². The Balaban J connectivity index is 3.06. The Kier molecular flexibility index (Phi) is 6.27. The SMILES string of the molecule is Cc1cc(S(=O)(=O)N(C)CC(F)F)ccc1C#CCCO. The van der Waals surface area contributed by atoms with Crippen LogP contribution in [0.15, 0.2) is 23.1 Å². The first kappa shape index (κ1) is 17.6. The first-order valence-electron chi connectivity index (χ1n) is 6.24. The zero-order valence-electron chi connectivity index (χ0n) is 11.8. The van der Waals surface area contributed by atoms with Gasteiger partial charge in [0.1, 0.15) is 0 Å². The molecule has 0 aliphatic carbocycles. The minimum atomic E-state index is -3.93. The summed E-state index contributed by atoms with van der Waals surface area (Å²) in [5.41, 5.74) is 1.27. The van der Waals surface area contributed by atoms with Crippen LogP contribution < -0.4 is 0 Å². The average molecular weight is 317 g/mol. The van der Waals surface area contributed by atoms with E-state index in [4.69, 9.17) is 5.11 Å². The minimum Gasteiger partial charge on any atom is -0.395 e. The summed E-state index contributed by atoms with van der Waals surface area (Å²) in [6, 6.07) is 4.27. The van der Waals surface area contributed by atoms with Gasteiger partial charge in [-0.1, -0.05) is 11.8 Å². The molecule has 1 aromatic rings. The monoisotopic (exact) mass is 317 g/mol. The number of hydrogen-bond acceptors (Lipinski definition) is 3. The van der Waals surface area contributed by atoms with Crippen LogP contribution in [0.5, 0.6) is 0 Å². The predicted octanol–water partition coefficient (Wildman–Crippen LogP) is 1.61. The summed E-state index contributed by atoms with van der Waals surface area (Å²) < 4.78 is 49.5. The van der Waals surface area contributed by atoms with Crippen LogP contribution in [0.1, 0.15) is 17.5 Å². The van der Waals surface area contributed by atoms with Gasteiger partial charge in [-0.05, 0) is 30.7 Å². The fraction of sp³-hybridized carbons (Fsp3) is 0.429. The molecule has 1 aromatic carbocycles. The van der Waals surface area contributed by atoms with Gasteiger partial charge >= 0.3 is 0 Å². The lowest BCUT2D eigenvalue weighted by molar-refractivity contribution is 0.126. The molecule has 0 aromatic heterocycles. The molecule has 0 saturated carbocycles. The Morgan fingerprint density at radius 3 is 2.57 bits per heavy atom. The third-order valence-electron chi connectivity index (χ3n) is 2.76. The Morgan fingerprint density at radius 2 is 2.05 bits per heavy atom. The molecule has 0 spiro atoms. The van der Waals surface area contributed by atoms with Gasteiger partial charge in [0.2, 0.25) is 10.0 Å². The average Bonchev–Trinajstić information content (AvgIpc) is 2.39. The molecule has 4 nitrogen and oxygen atoms in total. The number of sulfonamides is 1. The van der Waals surface area contributed by atoms with E-state index in [2.05, 4.69) is 11.8 Å². The van der Waals surface area contributed by atoms with Crippen LogP contribution in [0.2, 0.25) is 0 Å². The molecule has 0 bridgehead atoms. The minimum absolute atomic E-state index is 0.0447. The van der Waals surface area contributed by atoms with Gasteiger partial charge in [-0.25, -0.2) is 17.2 Å². The van der Waals surface area contributed by atoms with E-state index in [0.29, 0.717) is 21.9 Å². The van der Waals surface area contributed by atoms with E-state index in [-0.39, 0.29) is 11.5 Å². The van der Waals surface area contributed by atoms with E-state index in [0.717, 1.165) is 7.05 Å². The number of rotatable bonds is 5. The van der Waals surface area contributed by atoms with Gasteiger partial charge in [-0.15, -0.1) is 0 Å². The molecule has 1 rings (SSSR count). The van der Waals surface area contributed by atoms with Crippen LogP contribution in [0.3, 0.4) is 0 Å². The van der Waals surface area contributed by atoms with E-state index in [1.165, 1.54) is 18.2 Å². The Bertz CT molecular complexity index is 648. The second kappa shape index (κ2) is 7.50. The fourth-order valence-corrected chi connectivity index (χ4v) is 2.86. The van der Waals surface area contributed by atoms with E-state index in [1.54, 1.807) is 6.92 Å². The normalized spacial score (nSPS) is 11.6. The van der Waals surface area contributed by atoms with Crippen molar-refractivity contribution in [1.29, 1.82) is 0 Å². The van der Waals surface area contributed by atoms with Gasteiger partial charge in [0.05, 0.1) is 18.0 Å². The second-order valence-electron chi connectivity index (χ2n) is 4.43. The van der Waals surface area contributed by atoms with Crippen LogP contribution in [-0.2, 0) is 10.0 Å². The van der Waals surface area contributed by atoms with Gasteiger partial charge in [0.15, 0.2) is 0 Å². The number of aliphatic hydroxyl groups excluding tert-OH is 1. The zero-order valence-corrected chi connectivity index (χ0v) is 12.6. The molecule has 0 aliphatic heterocycles. The standard InChI is InChI=1S/C14H17F2NO3S/c1-11-9-13(7-6-12(11)5-3-4-8-18)21(19,20)17(2)10-14(15)16/h6-7,9,14,18H,4,8,10H2,1-2H3. The molecule has 0 fully saturated rings. The van der Waals surface area contributed by atoms with Crippen LogP contribution in [0, 0.1) is 18.8 Å². The van der Waals surface area contributed by atoms with E-state index in [9.17, 15) is 17.2 Å². The largest absolute Gasteiger partial charge is 0.395 e. The smallest absolute Gasteiger partial charge is 0.252 e. The summed E-state index contributed by atoms with van der Waals surface area (Å²) in [5.74, 6) is 5.56. The molecule has 0 aliphatic rings. The first-order chi connectivity index (χ1) is 9.78. The molecule has 21 heavy (non-hydrogen) atoms. The summed E-state index contributed by atoms with van der Waals surface area (Å²) in [7, 11) is -2.82. The Labute approximate surface area is 123 Å². The highest BCUT2D eigenvalue weighted by atomic mass is 32.2. The molecule has 0 heterocycles. The van der Waals surface area contributed by atoms with Crippen molar-refractivity contribution in [2.45, 2.75) is 24.7 Å². The number of aliphatic hydroxyl groups is 1. The summed E-state index contributed by atoms with van der Waals surface area (Å²) in [4.78, 5) is -0.0455. The highest BCUT2D eigenvalue weighted by Crippen LogP contribution is 2.19. The lowest BCUT2D eigenvalue weighted by Gasteiger charge is -2.17. The lowest BCUT2D eigenvalue weighted by Crippen LogP contribution is -2.31. The number of nitrogens with zero attached hydrogens (tertiary/aromatic N) is 1. The molecule has 0 amide bonds. The van der Waals surface area contributed by atoms with E-state index >= 15 is 0 Å². The van der Waals surface area contributed by atoms with Gasteiger partial charge in [0.25, 0.3) is 6.43 Å².